The minimum absolute atomic E-state index is 0.164. The minimum atomic E-state index is -5.08. The maximum absolute atomic E-state index is 10.6. The standard InChI is InChI=1S/C17H21NO3S.C2HF3O2/c19-17(20)8-11-18-10-7-14-3-5-15(6-4-14)21-12-9-16-2-1-13-22-16;3-2(4,5)1(6)7/h1-6,13,18H,7-12H2,(H,19,20);(H,6,7). The van der Waals surface area contributed by atoms with Gasteiger partial charge in [-0.2, -0.15) is 13.2 Å². The molecule has 0 unspecified atom stereocenters. The van der Waals surface area contributed by atoms with Gasteiger partial charge in [0.1, 0.15) is 5.75 Å². The van der Waals surface area contributed by atoms with E-state index < -0.39 is 18.1 Å². The summed E-state index contributed by atoms with van der Waals surface area (Å²) in [5.74, 6) is -2.64. The van der Waals surface area contributed by atoms with Crippen molar-refractivity contribution >= 4 is 23.3 Å². The van der Waals surface area contributed by atoms with Crippen molar-refractivity contribution in [3.8, 4) is 5.75 Å². The van der Waals surface area contributed by atoms with Gasteiger partial charge < -0.3 is 20.3 Å². The Morgan fingerprint density at radius 2 is 1.69 bits per heavy atom. The maximum atomic E-state index is 10.6. The molecule has 0 atom stereocenters. The smallest absolute Gasteiger partial charge is 0.490 e. The number of hydrogen-bond donors (Lipinski definition) is 3. The van der Waals surface area contributed by atoms with Crippen molar-refractivity contribution in [3.05, 3.63) is 52.2 Å². The molecule has 160 valence electrons. The van der Waals surface area contributed by atoms with E-state index in [0.29, 0.717) is 13.2 Å². The molecule has 3 N–H and O–H groups in total. The number of ether oxygens (including phenoxy) is 1. The van der Waals surface area contributed by atoms with E-state index in [1.807, 2.05) is 12.1 Å². The summed E-state index contributed by atoms with van der Waals surface area (Å²) in [6.07, 6.45) is -3.10. The van der Waals surface area contributed by atoms with Gasteiger partial charge in [0.2, 0.25) is 0 Å². The Morgan fingerprint density at radius 1 is 1.03 bits per heavy atom. The lowest BCUT2D eigenvalue weighted by Crippen LogP contribution is -2.21. The summed E-state index contributed by atoms with van der Waals surface area (Å²) < 4.78 is 37.5. The van der Waals surface area contributed by atoms with Crippen molar-refractivity contribution in [2.75, 3.05) is 19.7 Å². The second-order valence-corrected chi connectivity index (χ2v) is 6.80. The van der Waals surface area contributed by atoms with Crippen LogP contribution in [-0.2, 0) is 22.4 Å². The first-order chi connectivity index (χ1) is 13.7. The van der Waals surface area contributed by atoms with Crippen LogP contribution in [0, 0.1) is 0 Å². The van der Waals surface area contributed by atoms with Gasteiger partial charge in [0, 0.05) is 17.8 Å². The van der Waals surface area contributed by atoms with E-state index in [2.05, 4.69) is 35.0 Å². The number of carbonyl (C=O) groups is 2. The van der Waals surface area contributed by atoms with E-state index in [9.17, 15) is 18.0 Å². The number of benzene rings is 1. The fourth-order valence-electron chi connectivity index (χ4n) is 2.03. The number of hydrogen-bond acceptors (Lipinski definition) is 5. The van der Waals surface area contributed by atoms with E-state index in [-0.39, 0.29) is 6.42 Å². The molecule has 0 aliphatic rings. The summed E-state index contributed by atoms with van der Waals surface area (Å²) in [6, 6.07) is 12.3. The first-order valence-corrected chi connectivity index (χ1v) is 9.53. The molecular formula is C19H22F3NO5S. The molecule has 1 aromatic carbocycles. The molecule has 10 heteroatoms. The number of carboxylic acid groups (broad SMARTS) is 2. The van der Waals surface area contributed by atoms with Gasteiger partial charge in [0.05, 0.1) is 13.0 Å². The SMILES string of the molecule is O=C(O)C(F)(F)F.O=C(O)CCNCCc1ccc(OCCc2cccs2)cc1. The molecule has 0 spiro atoms. The van der Waals surface area contributed by atoms with Crippen LogP contribution in [0.1, 0.15) is 16.9 Å². The third-order valence-electron chi connectivity index (χ3n) is 3.47. The van der Waals surface area contributed by atoms with Crippen molar-refractivity contribution in [1.29, 1.82) is 0 Å². The Labute approximate surface area is 169 Å². The highest BCUT2D eigenvalue weighted by Crippen LogP contribution is 2.15. The van der Waals surface area contributed by atoms with E-state index in [0.717, 1.165) is 25.1 Å². The molecule has 2 aromatic rings. The average Bonchev–Trinajstić information content (AvgIpc) is 3.15. The van der Waals surface area contributed by atoms with Crippen LogP contribution >= 0.6 is 11.3 Å². The largest absolute Gasteiger partial charge is 0.493 e. The maximum Gasteiger partial charge on any atom is 0.490 e. The fourth-order valence-corrected chi connectivity index (χ4v) is 2.72. The predicted octanol–water partition coefficient (Wildman–Crippen LogP) is 3.61. The van der Waals surface area contributed by atoms with E-state index in [1.54, 1.807) is 11.3 Å². The molecule has 6 nitrogen and oxygen atoms in total. The zero-order valence-corrected chi connectivity index (χ0v) is 16.3. The number of aliphatic carboxylic acids is 2. The normalized spacial score (nSPS) is 10.7. The Kier molecular flexibility index (Phi) is 10.8. The fraction of sp³-hybridized carbons (Fsp3) is 0.368. The van der Waals surface area contributed by atoms with Crippen molar-refractivity contribution < 1.29 is 37.7 Å². The number of thiophene rings is 1. The lowest BCUT2D eigenvalue weighted by Gasteiger charge is -2.07. The number of carboxylic acids is 2. The molecule has 0 fully saturated rings. The van der Waals surface area contributed by atoms with Gasteiger partial charge >= 0.3 is 18.1 Å². The quantitative estimate of drug-likeness (QED) is 0.496. The molecule has 0 radical (unpaired) electrons. The third kappa shape index (κ3) is 11.8. The molecule has 0 aliphatic heterocycles. The highest BCUT2D eigenvalue weighted by molar-refractivity contribution is 7.09. The topological polar surface area (TPSA) is 95.9 Å². The molecule has 2 rings (SSSR count). The highest BCUT2D eigenvalue weighted by Gasteiger charge is 2.38. The van der Waals surface area contributed by atoms with Crippen LogP contribution in [0.2, 0.25) is 0 Å². The van der Waals surface area contributed by atoms with Crippen LogP contribution in [0.5, 0.6) is 5.75 Å². The zero-order valence-electron chi connectivity index (χ0n) is 15.4. The molecule has 0 bridgehead atoms. The summed E-state index contributed by atoms with van der Waals surface area (Å²) in [7, 11) is 0. The molecule has 0 amide bonds. The first-order valence-electron chi connectivity index (χ1n) is 8.65. The van der Waals surface area contributed by atoms with E-state index >= 15 is 0 Å². The van der Waals surface area contributed by atoms with Gasteiger partial charge in [-0.25, -0.2) is 4.79 Å². The van der Waals surface area contributed by atoms with Crippen LogP contribution in [0.25, 0.3) is 0 Å². The Bertz CT molecular complexity index is 733. The van der Waals surface area contributed by atoms with Gasteiger partial charge in [-0.15, -0.1) is 11.3 Å². The molecule has 0 saturated heterocycles. The highest BCUT2D eigenvalue weighted by atomic mass is 32.1. The monoisotopic (exact) mass is 433 g/mol. The van der Waals surface area contributed by atoms with Gasteiger partial charge in [-0.3, -0.25) is 4.79 Å². The summed E-state index contributed by atoms with van der Waals surface area (Å²) >= 11 is 1.75. The van der Waals surface area contributed by atoms with Crippen molar-refractivity contribution in [1.82, 2.24) is 5.32 Å². The molecular weight excluding hydrogens is 411 g/mol. The number of halogens is 3. The Balaban J connectivity index is 0.000000516. The summed E-state index contributed by atoms with van der Waals surface area (Å²) in [4.78, 5) is 20.6. The van der Waals surface area contributed by atoms with Crippen LogP contribution in [0.4, 0.5) is 13.2 Å². The van der Waals surface area contributed by atoms with Crippen LogP contribution in [0.15, 0.2) is 41.8 Å². The first kappa shape index (κ1) is 24.4. The lowest BCUT2D eigenvalue weighted by molar-refractivity contribution is -0.192. The minimum Gasteiger partial charge on any atom is -0.493 e. The zero-order chi connectivity index (χ0) is 21.7. The lowest BCUT2D eigenvalue weighted by atomic mass is 10.1. The van der Waals surface area contributed by atoms with Gasteiger partial charge in [0.25, 0.3) is 0 Å². The average molecular weight is 433 g/mol. The van der Waals surface area contributed by atoms with Crippen molar-refractivity contribution in [2.24, 2.45) is 0 Å². The Morgan fingerprint density at radius 3 is 2.21 bits per heavy atom. The summed E-state index contributed by atoms with van der Waals surface area (Å²) in [6.45, 7) is 1.99. The third-order valence-corrected chi connectivity index (χ3v) is 4.41. The molecule has 0 aliphatic carbocycles. The van der Waals surface area contributed by atoms with E-state index in [1.165, 1.54) is 10.4 Å². The van der Waals surface area contributed by atoms with Crippen LogP contribution < -0.4 is 10.1 Å². The molecule has 0 saturated carbocycles. The molecule has 1 aromatic heterocycles. The van der Waals surface area contributed by atoms with Crippen molar-refractivity contribution in [3.63, 3.8) is 0 Å². The number of alkyl halides is 3. The number of rotatable bonds is 10. The molecule has 1 heterocycles. The Hall–Kier alpha value is -2.59. The molecule has 29 heavy (non-hydrogen) atoms. The van der Waals surface area contributed by atoms with E-state index in [4.69, 9.17) is 19.7 Å². The van der Waals surface area contributed by atoms with Crippen LogP contribution in [-0.4, -0.2) is 48.0 Å². The number of nitrogens with one attached hydrogen (secondary N) is 1. The van der Waals surface area contributed by atoms with Crippen molar-refractivity contribution in [2.45, 2.75) is 25.4 Å². The second kappa shape index (κ2) is 12.8. The van der Waals surface area contributed by atoms with Gasteiger partial charge in [-0.05, 0) is 42.1 Å². The van der Waals surface area contributed by atoms with Gasteiger partial charge in [-0.1, -0.05) is 18.2 Å². The predicted molar refractivity (Wildman–Crippen MR) is 102 cm³/mol. The second-order valence-electron chi connectivity index (χ2n) is 5.77. The van der Waals surface area contributed by atoms with Gasteiger partial charge in [0.15, 0.2) is 0 Å². The summed E-state index contributed by atoms with van der Waals surface area (Å²) in [5, 5.41) is 20.9. The van der Waals surface area contributed by atoms with Crippen LogP contribution in [0.3, 0.4) is 0 Å². The summed E-state index contributed by atoms with van der Waals surface area (Å²) in [5.41, 5.74) is 1.22.